The van der Waals surface area contributed by atoms with Gasteiger partial charge in [-0.25, -0.2) is 9.78 Å². The molecule has 0 radical (unpaired) electrons. The van der Waals surface area contributed by atoms with Gasteiger partial charge in [0.05, 0.1) is 24.4 Å². The second kappa shape index (κ2) is 7.08. The molecule has 0 aliphatic carbocycles. The van der Waals surface area contributed by atoms with Crippen molar-refractivity contribution in [1.82, 2.24) is 4.98 Å². The summed E-state index contributed by atoms with van der Waals surface area (Å²) in [6.45, 7) is 4.70. The van der Waals surface area contributed by atoms with E-state index in [1.807, 2.05) is 38.1 Å². The molecule has 0 saturated heterocycles. The summed E-state index contributed by atoms with van der Waals surface area (Å²) in [7, 11) is 1.34. The highest BCUT2D eigenvalue weighted by molar-refractivity contribution is 7.11. The van der Waals surface area contributed by atoms with Crippen LogP contribution in [0.15, 0.2) is 24.3 Å². The molecule has 0 bridgehead atoms. The first kappa shape index (κ1) is 15.3. The van der Waals surface area contributed by atoms with Crippen molar-refractivity contribution >= 4 is 23.0 Å². The number of aromatic nitrogens is 1. The summed E-state index contributed by atoms with van der Waals surface area (Å²) in [6.07, 6.45) is 0. The van der Waals surface area contributed by atoms with E-state index in [0.29, 0.717) is 5.75 Å². The van der Waals surface area contributed by atoms with Gasteiger partial charge in [-0.2, -0.15) is 0 Å². The summed E-state index contributed by atoms with van der Waals surface area (Å²) >= 11 is 1.70. The molecule has 0 aliphatic rings. The van der Waals surface area contributed by atoms with Gasteiger partial charge >= 0.3 is 5.97 Å². The fourth-order valence-electron chi connectivity index (χ4n) is 1.79. The minimum Gasteiger partial charge on any atom is -0.482 e. The number of rotatable bonds is 6. The van der Waals surface area contributed by atoms with Crippen LogP contribution in [-0.4, -0.2) is 24.7 Å². The highest BCUT2D eigenvalue weighted by Gasteiger charge is 2.05. The van der Waals surface area contributed by atoms with Gasteiger partial charge in [-0.05, 0) is 38.1 Å². The number of hydrogen-bond donors (Lipinski definition) is 1. The molecular formula is C15H18N2O3S. The summed E-state index contributed by atoms with van der Waals surface area (Å²) in [4.78, 5) is 16.6. The van der Waals surface area contributed by atoms with Gasteiger partial charge in [0, 0.05) is 10.6 Å². The number of nitrogens with one attached hydrogen (secondary N) is 1. The minimum atomic E-state index is -0.395. The van der Waals surface area contributed by atoms with Crippen LogP contribution < -0.4 is 10.1 Å². The number of carbonyl (C=O) groups excluding carboxylic acids is 1. The molecule has 1 heterocycles. The Morgan fingerprint density at radius 2 is 2.00 bits per heavy atom. The predicted octanol–water partition coefficient (Wildman–Crippen LogP) is 2.92. The van der Waals surface area contributed by atoms with Crippen LogP contribution in [0.25, 0.3) is 0 Å². The molecule has 1 N–H and O–H groups in total. The molecule has 0 fully saturated rings. The second-order valence-electron chi connectivity index (χ2n) is 4.48. The van der Waals surface area contributed by atoms with Gasteiger partial charge in [0.25, 0.3) is 0 Å². The van der Waals surface area contributed by atoms with Crippen LogP contribution in [-0.2, 0) is 16.1 Å². The molecule has 6 heteroatoms. The van der Waals surface area contributed by atoms with E-state index in [-0.39, 0.29) is 6.61 Å². The summed E-state index contributed by atoms with van der Waals surface area (Å²) in [6, 6.07) is 7.46. The molecule has 5 nitrogen and oxygen atoms in total. The topological polar surface area (TPSA) is 60.5 Å². The van der Waals surface area contributed by atoms with E-state index in [1.165, 1.54) is 12.0 Å². The minimum absolute atomic E-state index is 0.0807. The Hall–Kier alpha value is -2.08. The molecular weight excluding hydrogens is 288 g/mol. The van der Waals surface area contributed by atoms with Crippen molar-refractivity contribution < 1.29 is 14.3 Å². The van der Waals surface area contributed by atoms with Crippen molar-refractivity contribution in [1.29, 1.82) is 0 Å². The van der Waals surface area contributed by atoms with Gasteiger partial charge in [-0.3, -0.25) is 0 Å². The molecule has 0 saturated carbocycles. The molecule has 2 aromatic rings. The number of ether oxygens (including phenoxy) is 2. The maximum Gasteiger partial charge on any atom is 0.343 e. The van der Waals surface area contributed by atoms with Crippen LogP contribution in [0.2, 0.25) is 0 Å². The van der Waals surface area contributed by atoms with E-state index < -0.39 is 5.97 Å². The van der Waals surface area contributed by atoms with Gasteiger partial charge < -0.3 is 14.8 Å². The molecule has 0 amide bonds. The Balaban J connectivity index is 1.87. The number of esters is 1. The summed E-state index contributed by atoms with van der Waals surface area (Å²) < 4.78 is 9.80. The van der Waals surface area contributed by atoms with Crippen LogP contribution in [0.3, 0.4) is 0 Å². The first-order valence-corrected chi connectivity index (χ1v) is 7.36. The van der Waals surface area contributed by atoms with Gasteiger partial charge in [0.15, 0.2) is 6.61 Å². The van der Waals surface area contributed by atoms with Gasteiger partial charge in [-0.1, -0.05) is 0 Å². The maximum atomic E-state index is 11.0. The van der Waals surface area contributed by atoms with Gasteiger partial charge in [0.1, 0.15) is 5.75 Å². The van der Waals surface area contributed by atoms with E-state index in [0.717, 1.165) is 22.9 Å². The Labute approximate surface area is 127 Å². The Morgan fingerprint density at radius 3 is 2.57 bits per heavy atom. The first-order chi connectivity index (χ1) is 10.1. The smallest absolute Gasteiger partial charge is 0.343 e. The van der Waals surface area contributed by atoms with E-state index >= 15 is 0 Å². The number of methoxy groups -OCH3 is 1. The van der Waals surface area contributed by atoms with Crippen LogP contribution in [0.5, 0.6) is 5.75 Å². The zero-order chi connectivity index (χ0) is 15.2. The number of benzene rings is 1. The van der Waals surface area contributed by atoms with Crippen molar-refractivity contribution in [3.63, 3.8) is 0 Å². The molecule has 1 aromatic carbocycles. The molecule has 1 aromatic heterocycles. The van der Waals surface area contributed by atoms with Crippen molar-refractivity contribution in [2.75, 3.05) is 19.0 Å². The Kier molecular flexibility index (Phi) is 5.16. The number of carbonyl (C=O) groups is 1. The molecule has 112 valence electrons. The lowest BCUT2D eigenvalue weighted by Gasteiger charge is -2.08. The fraction of sp³-hybridized carbons (Fsp3) is 0.333. The number of anilines is 1. The number of aryl methyl sites for hydroxylation is 2. The molecule has 0 unspecified atom stereocenters. The highest BCUT2D eigenvalue weighted by Crippen LogP contribution is 2.20. The van der Waals surface area contributed by atoms with Crippen LogP contribution in [0, 0.1) is 13.8 Å². The van der Waals surface area contributed by atoms with E-state index in [2.05, 4.69) is 15.0 Å². The number of nitrogens with zero attached hydrogens (tertiary/aromatic N) is 1. The number of thiazole rings is 1. The van der Waals surface area contributed by atoms with Crippen molar-refractivity contribution in [3.05, 3.63) is 39.8 Å². The van der Waals surface area contributed by atoms with Crippen LogP contribution in [0.4, 0.5) is 5.69 Å². The molecule has 0 aliphatic heterocycles. The van der Waals surface area contributed by atoms with Crippen LogP contribution >= 0.6 is 11.3 Å². The maximum absolute atomic E-state index is 11.0. The van der Waals surface area contributed by atoms with E-state index in [9.17, 15) is 4.79 Å². The predicted molar refractivity (Wildman–Crippen MR) is 82.9 cm³/mol. The van der Waals surface area contributed by atoms with Crippen molar-refractivity contribution in [2.45, 2.75) is 20.4 Å². The second-order valence-corrected chi connectivity index (χ2v) is 5.77. The monoisotopic (exact) mass is 306 g/mol. The zero-order valence-electron chi connectivity index (χ0n) is 12.3. The average molecular weight is 306 g/mol. The first-order valence-electron chi connectivity index (χ1n) is 6.55. The quantitative estimate of drug-likeness (QED) is 0.832. The fourth-order valence-corrected chi connectivity index (χ4v) is 2.67. The third-order valence-electron chi connectivity index (χ3n) is 2.89. The largest absolute Gasteiger partial charge is 0.482 e. The average Bonchev–Trinajstić information content (AvgIpc) is 2.81. The van der Waals surface area contributed by atoms with E-state index in [1.54, 1.807) is 11.3 Å². The standard InChI is InChI=1S/C15H18N2O3S/c1-10-14(21-11(2)17-10)8-16-12-4-6-13(7-5-12)20-9-15(18)19-3/h4-7,16H,8-9H2,1-3H3. The highest BCUT2D eigenvalue weighted by atomic mass is 32.1. The molecule has 21 heavy (non-hydrogen) atoms. The van der Waals surface area contributed by atoms with Crippen molar-refractivity contribution in [2.24, 2.45) is 0 Å². The third kappa shape index (κ3) is 4.46. The SMILES string of the molecule is COC(=O)COc1ccc(NCc2sc(C)nc2C)cc1. The lowest BCUT2D eigenvalue weighted by Crippen LogP contribution is -2.12. The molecule has 0 spiro atoms. The molecule has 2 rings (SSSR count). The third-order valence-corrected chi connectivity index (χ3v) is 3.96. The Bertz CT molecular complexity index is 608. The zero-order valence-corrected chi connectivity index (χ0v) is 13.1. The van der Waals surface area contributed by atoms with E-state index in [4.69, 9.17) is 4.74 Å². The lowest BCUT2D eigenvalue weighted by molar-refractivity contribution is -0.142. The van der Waals surface area contributed by atoms with Crippen LogP contribution in [0.1, 0.15) is 15.6 Å². The normalized spacial score (nSPS) is 10.2. The van der Waals surface area contributed by atoms with Crippen molar-refractivity contribution in [3.8, 4) is 5.75 Å². The summed E-state index contributed by atoms with van der Waals surface area (Å²) in [5, 5.41) is 4.42. The Morgan fingerprint density at radius 1 is 1.29 bits per heavy atom. The van der Waals surface area contributed by atoms with Gasteiger partial charge in [-0.15, -0.1) is 11.3 Å². The summed E-state index contributed by atoms with van der Waals surface area (Å²) in [5.74, 6) is 0.240. The molecule has 0 atom stereocenters. The summed E-state index contributed by atoms with van der Waals surface area (Å²) in [5.41, 5.74) is 2.06. The lowest BCUT2D eigenvalue weighted by atomic mass is 10.3. The van der Waals surface area contributed by atoms with Gasteiger partial charge in [0.2, 0.25) is 0 Å². The number of hydrogen-bond acceptors (Lipinski definition) is 6.